The Balaban J connectivity index is 3.59. The summed E-state index contributed by atoms with van der Waals surface area (Å²) < 4.78 is 0. The van der Waals surface area contributed by atoms with Crippen molar-refractivity contribution in [3.05, 3.63) is 23.8 Å². The van der Waals surface area contributed by atoms with Gasteiger partial charge in [-0.2, -0.15) is 0 Å². The Hall–Kier alpha value is -0.520. The topological polar surface area (TPSA) is 0 Å². The summed E-state index contributed by atoms with van der Waals surface area (Å²) in [6.45, 7) is 8.81. The SMILES string of the molecule is CC=C(C)CC(C)CC=CCC. The van der Waals surface area contributed by atoms with Crippen LogP contribution in [0.2, 0.25) is 0 Å². The molecule has 0 aromatic rings. The lowest BCUT2D eigenvalue weighted by Crippen LogP contribution is -1.92. The van der Waals surface area contributed by atoms with E-state index in [9.17, 15) is 0 Å². The smallest absolute Gasteiger partial charge is 0.0294 e. The predicted octanol–water partition coefficient (Wildman–Crippen LogP) is 4.34. The first-order chi connectivity index (χ1) is 5.70. The lowest BCUT2D eigenvalue weighted by molar-refractivity contribution is 0.585. The second-order valence-electron chi connectivity index (χ2n) is 3.56. The minimum Gasteiger partial charge on any atom is -0.0888 e. The summed E-state index contributed by atoms with van der Waals surface area (Å²) in [4.78, 5) is 0. The fourth-order valence-electron chi connectivity index (χ4n) is 1.25. The van der Waals surface area contributed by atoms with Gasteiger partial charge in [-0.15, -0.1) is 0 Å². The molecule has 70 valence electrons. The van der Waals surface area contributed by atoms with E-state index in [0.717, 1.165) is 12.3 Å². The summed E-state index contributed by atoms with van der Waals surface area (Å²) in [5, 5.41) is 0. The summed E-state index contributed by atoms with van der Waals surface area (Å²) in [5.41, 5.74) is 1.51. The molecule has 0 spiro atoms. The van der Waals surface area contributed by atoms with E-state index < -0.39 is 0 Å². The summed E-state index contributed by atoms with van der Waals surface area (Å²) >= 11 is 0. The van der Waals surface area contributed by atoms with E-state index in [1.165, 1.54) is 18.4 Å². The molecule has 0 aliphatic rings. The van der Waals surface area contributed by atoms with Gasteiger partial charge in [-0.3, -0.25) is 0 Å². The van der Waals surface area contributed by atoms with Gasteiger partial charge in [-0.05, 0) is 39.0 Å². The van der Waals surface area contributed by atoms with Gasteiger partial charge in [-0.1, -0.05) is 37.6 Å². The van der Waals surface area contributed by atoms with Crippen molar-refractivity contribution < 1.29 is 0 Å². The molecule has 1 unspecified atom stereocenters. The van der Waals surface area contributed by atoms with Gasteiger partial charge in [0.25, 0.3) is 0 Å². The quantitative estimate of drug-likeness (QED) is 0.533. The molecule has 0 heterocycles. The van der Waals surface area contributed by atoms with Crippen molar-refractivity contribution in [1.29, 1.82) is 0 Å². The van der Waals surface area contributed by atoms with Gasteiger partial charge in [0.15, 0.2) is 0 Å². The molecule has 0 heteroatoms. The maximum absolute atomic E-state index is 2.31. The Labute approximate surface area is 77.4 Å². The molecule has 0 aliphatic carbocycles. The van der Waals surface area contributed by atoms with Crippen LogP contribution in [0, 0.1) is 5.92 Å². The second-order valence-corrected chi connectivity index (χ2v) is 3.56. The monoisotopic (exact) mass is 166 g/mol. The standard InChI is InChI=1S/C12H22/c1-5-7-8-9-12(4)10-11(3)6-2/h6-8,12H,5,9-10H2,1-4H3. The molecule has 0 aromatic heterocycles. The van der Waals surface area contributed by atoms with Crippen LogP contribution in [0.4, 0.5) is 0 Å². The van der Waals surface area contributed by atoms with Gasteiger partial charge in [0.1, 0.15) is 0 Å². The van der Waals surface area contributed by atoms with Crippen molar-refractivity contribution in [3.63, 3.8) is 0 Å². The molecular weight excluding hydrogens is 144 g/mol. The van der Waals surface area contributed by atoms with Gasteiger partial charge in [0, 0.05) is 0 Å². The van der Waals surface area contributed by atoms with Crippen LogP contribution < -0.4 is 0 Å². The molecule has 0 radical (unpaired) electrons. The Morgan fingerprint density at radius 3 is 2.50 bits per heavy atom. The normalized spacial score (nSPS) is 15.5. The average Bonchev–Trinajstić information content (AvgIpc) is 2.05. The number of rotatable bonds is 5. The van der Waals surface area contributed by atoms with Crippen LogP contribution in [-0.2, 0) is 0 Å². The number of hydrogen-bond donors (Lipinski definition) is 0. The van der Waals surface area contributed by atoms with Crippen molar-refractivity contribution in [2.75, 3.05) is 0 Å². The molecule has 0 nitrogen and oxygen atoms in total. The van der Waals surface area contributed by atoms with Crippen LogP contribution in [-0.4, -0.2) is 0 Å². The fraction of sp³-hybridized carbons (Fsp3) is 0.667. The third-order valence-corrected chi connectivity index (χ3v) is 2.10. The van der Waals surface area contributed by atoms with E-state index in [-0.39, 0.29) is 0 Å². The van der Waals surface area contributed by atoms with Gasteiger partial charge in [-0.25, -0.2) is 0 Å². The first kappa shape index (κ1) is 11.5. The first-order valence-electron chi connectivity index (χ1n) is 4.97. The minimum absolute atomic E-state index is 0.795. The van der Waals surface area contributed by atoms with E-state index in [4.69, 9.17) is 0 Å². The van der Waals surface area contributed by atoms with E-state index >= 15 is 0 Å². The Morgan fingerprint density at radius 1 is 1.33 bits per heavy atom. The predicted molar refractivity (Wildman–Crippen MR) is 57.3 cm³/mol. The van der Waals surface area contributed by atoms with Crippen LogP contribution in [0.3, 0.4) is 0 Å². The van der Waals surface area contributed by atoms with Gasteiger partial charge < -0.3 is 0 Å². The van der Waals surface area contributed by atoms with Crippen molar-refractivity contribution in [1.82, 2.24) is 0 Å². The zero-order valence-electron chi connectivity index (χ0n) is 8.93. The third-order valence-electron chi connectivity index (χ3n) is 2.10. The second kappa shape index (κ2) is 7.15. The third kappa shape index (κ3) is 6.21. The van der Waals surface area contributed by atoms with Crippen molar-refractivity contribution in [2.24, 2.45) is 5.92 Å². The molecule has 0 rings (SSSR count). The molecule has 0 aliphatic heterocycles. The molecule has 0 fully saturated rings. The molecule has 1 atom stereocenters. The Kier molecular flexibility index (Phi) is 6.84. The van der Waals surface area contributed by atoms with Gasteiger partial charge >= 0.3 is 0 Å². The fourth-order valence-corrected chi connectivity index (χ4v) is 1.25. The summed E-state index contributed by atoms with van der Waals surface area (Å²) in [6.07, 6.45) is 10.4. The first-order valence-corrected chi connectivity index (χ1v) is 4.97. The highest BCUT2D eigenvalue weighted by atomic mass is 14.0. The van der Waals surface area contributed by atoms with Crippen LogP contribution >= 0.6 is 0 Å². The van der Waals surface area contributed by atoms with Crippen LogP contribution in [0.15, 0.2) is 23.8 Å². The lowest BCUT2D eigenvalue weighted by Gasteiger charge is -2.07. The van der Waals surface area contributed by atoms with Crippen molar-refractivity contribution >= 4 is 0 Å². The summed E-state index contributed by atoms with van der Waals surface area (Å²) in [5.74, 6) is 0.795. The molecular formula is C12H22. The zero-order chi connectivity index (χ0) is 9.40. The molecule has 0 saturated heterocycles. The Bertz CT molecular complexity index is 151. The maximum atomic E-state index is 2.31. The molecule has 0 bridgehead atoms. The van der Waals surface area contributed by atoms with Crippen LogP contribution in [0.25, 0.3) is 0 Å². The zero-order valence-corrected chi connectivity index (χ0v) is 8.93. The highest BCUT2D eigenvalue weighted by molar-refractivity contribution is 4.97. The lowest BCUT2D eigenvalue weighted by atomic mass is 9.98. The Morgan fingerprint density at radius 2 is 2.00 bits per heavy atom. The molecule has 0 saturated carbocycles. The molecule has 12 heavy (non-hydrogen) atoms. The molecule has 0 aromatic carbocycles. The minimum atomic E-state index is 0.795. The summed E-state index contributed by atoms with van der Waals surface area (Å²) in [6, 6.07) is 0. The van der Waals surface area contributed by atoms with E-state index in [1.807, 2.05) is 0 Å². The largest absolute Gasteiger partial charge is 0.0888 e. The van der Waals surface area contributed by atoms with E-state index in [0.29, 0.717) is 0 Å². The molecule has 0 N–H and O–H groups in total. The summed E-state index contributed by atoms with van der Waals surface area (Å²) in [7, 11) is 0. The highest BCUT2D eigenvalue weighted by Crippen LogP contribution is 2.14. The van der Waals surface area contributed by atoms with Crippen molar-refractivity contribution in [3.8, 4) is 0 Å². The van der Waals surface area contributed by atoms with E-state index in [2.05, 4.69) is 45.9 Å². The van der Waals surface area contributed by atoms with Gasteiger partial charge in [0.2, 0.25) is 0 Å². The van der Waals surface area contributed by atoms with Crippen LogP contribution in [0.5, 0.6) is 0 Å². The highest BCUT2D eigenvalue weighted by Gasteiger charge is 1.99. The number of hydrogen-bond acceptors (Lipinski definition) is 0. The van der Waals surface area contributed by atoms with E-state index in [1.54, 1.807) is 0 Å². The van der Waals surface area contributed by atoms with Crippen molar-refractivity contribution in [2.45, 2.75) is 47.0 Å². The molecule has 0 amide bonds. The van der Waals surface area contributed by atoms with Crippen LogP contribution in [0.1, 0.15) is 47.0 Å². The maximum Gasteiger partial charge on any atom is -0.0294 e. The average molecular weight is 166 g/mol. The van der Waals surface area contributed by atoms with Gasteiger partial charge in [0.05, 0.1) is 0 Å². The number of allylic oxidation sites excluding steroid dienone is 4.